The van der Waals surface area contributed by atoms with Crippen LogP contribution in [0, 0.1) is 17.0 Å². The molecule has 116 valence electrons. The highest BCUT2D eigenvalue weighted by Gasteiger charge is 2.26. The topological polar surface area (TPSA) is 127 Å². The summed E-state index contributed by atoms with van der Waals surface area (Å²) in [6.45, 7) is 1.75. The number of carbonyl (C=O) groups is 2. The number of esters is 1. The molecule has 0 bridgehead atoms. The molecule has 0 saturated heterocycles. The molecular formula is C11H9ClN4O5S. The van der Waals surface area contributed by atoms with Gasteiger partial charge in [0.1, 0.15) is 5.00 Å². The van der Waals surface area contributed by atoms with Crippen molar-refractivity contribution in [3.63, 3.8) is 0 Å². The second-order valence-electron chi connectivity index (χ2n) is 4.04. The third kappa shape index (κ3) is 2.92. The molecule has 11 heteroatoms. The van der Waals surface area contributed by atoms with Gasteiger partial charge in [-0.3, -0.25) is 4.79 Å². The van der Waals surface area contributed by atoms with Gasteiger partial charge in [-0.15, -0.1) is 16.4 Å². The summed E-state index contributed by atoms with van der Waals surface area (Å²) >= 11 is 6.88. The van der Waals surface area contributed by atoms with E-state index in [-0.39, 0.29) is 16.3 Å². The van der Waals surface area contributed by atoms with Crippen molar-refractivity contribution in [2.24, 2.45) is 0 Å². The van der Waals surface area contributed by atoms with Crippen LogP contribution < -0.4 is 5.32 Å². The molecule has 0 aliphatic carbocycles. The Kier molecular flexibility index (Phi) is 4.43. The standard InChI is InChI=1S/C11H9ClN4O5S/c1-4-3-5(11(18)21-2)10(22-4)13-9(17)7-6(12)8(15-14-7)16(19)20/h3H,1-2H3,(H,13,17)(H,14,15). The zero-order chi connectivity index (χ0) is 16.4. The normalized spacial score (nSPS) is 10.3. The zero-order valence-corrected chi connectivity index (χ0v) is 12.9. The Balaban J connectivity index is 2.30. The summed E-state index contributed by atoms with van der Waals surface area (Å²) in [4.78, 5) is 34.4. The zero-order valence-electron chi connectivity index (χ0n) is 11.3. The van der Waals surface area contributed by atoms with Crippen molar-refractivity contribution in [2.45, 2.75) is 6.92 Å². The molecule has 0 atom stereocenters. The number of carbonyl (C=O) groups excluding carboxylic acids is 2. The van der Waals surface area contributed by atoms with Crippen LogP contribution in [-0.2, 0) is 4.74 Å². The van der Waals surface area contributed by atoms with Crippen molar-refractivity contribution in [1.82, 2.24) is 10.2 Å². The molecule has 22 heavy (non-hydrogen) atoms. The van der Waals surface area contributed by atoms with Gasteiger partial charge in [0.2, 0.25) is 0 Å². The highest BCUT2D eigenvalue weighted by molar-refractivity contribution is 7.16. The minimum absolute atomic E-state index is 0.180. The number of hydrogen-bond acceptors (Lipinski definition) is 7. The number of aryl methyl sites for hydroxylation is 1. The van der Waals surface area contributed by atoms with Crippen LogP contribution in [0.1, 0.15) is 25.7 Å². The summed E-state index contributed by atoms with van der Waals surface area (Å²) in [5.41, 5.74) is -0.158. The molecule has 1 amide bonds. The number of anilines is 1. The van der Waals surface area contributed by atoms with Gasteiger partial charge < -0.3 is 20.2 Å². The second-order valence-corrected chi connectivity index (χ2v) is 5.67. The average Bonchev–Trinajstić information content (AvgIpc) is 3.01. The van der Waals surface area contributed by atoms with Gasteiger partial charge in [0.05, 0.1) is 12.7 Å². The maximum Gasteiger partial charge on any atom is 0.362 e. The Morgan fingerprint density at radius 2 is 2.23 bits per heavy atom. The second kappa shape index (κ2) is 6.12. The number of aromatic amines is 1. The summed E-state index contributed by atoms with van der Waals surface area (Å²) in [5, 5.41) is 18.5. The fourth-order valence-electron chi connectivity index (χ4n) is 1.62. The third-order valence-electron chi connectivity index (χ3n) is 2.57. The SMILES string of the molecule is COC(=O)c1cc(C)sc1NC(=O)c1n[nH]c([N+](=O)[O-])c1Cl. The molecular weight excluding hydrogens is 336 g/mol. The number of halogens is 1. The van der Waals surface area contributed by atoms with Gasteiger partial charge in [-0.25, -0.2) is 4.79 Å². The van der Waals surface area contributed by atoms with Crippen LogP contribution in [0.2, 0.25) is 5.02 Å². The highest BCUT2D eigenvalue weighted by Crippen LogP contribution is 2.30. The quantitative estimate of drug-likeness (QED) is 0.498. The van der Waals surface area contributed by atoms with Crippen LogP contribution in [0.25, 0.3) is 0 Å². The smallest absolute Gasteiger partial charge is 0.362 e. The molecule has 0 aliphatic rings. The van der Waals surface area contributed by atoms with Crippen molar-refractivity contribution in [1.29, 1.82) is 0 Å². The van der Waals surface area contributed by atoms with Crippen molar-refractivity contribution in [3.8, 4) is 0 Å². The first-order valence-electron chi connectivity index (χ1n) is 5.73. The molecule has 0 aromatic carbocycles. The van der Waals surface area contributed by atoms with E-state index in [0.717, 1.165) is 16.2 Å². The maximum atomic E-state index is 12.1. The first-order valence-corrected chi connectivity index (χ1v) is 6.93. The Labute approximate surface area is 132 Å². The molecule has 2 heterocycles. The lowest BCUT2D eigenvalue weighted by Gasteiger charge is -2.03. The number of rotatable bonds is 4. The Hall–Kier alpha value is -2.46. The summed E-state index contributed by atoms with van der Waals surface area (Å²) in [6.07, 6.45) is 0. The Bertz CT molecular complexity index is 769. The average molecular weight is 345 g/mol. The minimum atomic E-state index is -0.790. The molecule has 9 nitrogen and oxygen atoms in total. The van der Waals surface area contributed by atoms with E-state index in [1.54, 1.807) is 13.0 Å². The molecule has 2 aromatic rings. The lowest BCUT2D eigenvalue weighted by molar-refractivity contribution is -0.389. The summed E-state index contributed by atoms with van der Waals surface area (Å²) in [7, 11) is 1.22. The van der Waals surface area contributed by atoms with Gasteiger partial charge in [0, 0.05) is 4.88 Å². The predicted molar refractivity (Wildman–Crippen MR) is 78.6 cm³/mol. The number of nitrogens with one attached hydrogen (secondary N) is 2. The van der Waals surface area contributed by atoms with Gasteiger partial charge in [-0.05, 0) is 17.9 Å². The summed E-state index contributed by atoms with van der Waals surface area (Å²) < 4.78 is 4.62. The highest BCUT2D eigenvalue weighted by atomic mass is 35.5. The molecule has 0 aliphatic heterocycles. The van der Waals surface area contributed by atoms with Crippen LogP contribution >= 0.6 is 22.9 Å². The van der Waals surface area contributed by atoms with Gasteiger partial charge >= 0.3 is 11.8 Å². The van der Waals surface area contributed by atoms with Gasteiger partial charge in [0.25, 0.3) is 5.91 Å². The number of hydrogen-bond donors (Lipinski definition) is 2. The first-order chi connectivity index (χ1) is 10.3. The molecule has 0 unspecified atom stereocenters. The van der Waals surface area contributed by atoms with E-state index in [0.29, 0.717) is 0 Å². The maximum absolute atomic E-state index is 12.1. The number of ether oxygens (including phenoxy) is 1. The van der Waals surface area contributed by atoms with Gasteiger partial charge in [-0.1, -0.05) is 16.7 Å². The molecule has 2 N–H and O–H groups in total. The number of methoxy groups -OCH3 is 1. The molecule has 0 fully saturated rings. The minimum Gasteiger partial charge on any atom is -0.465 e. The van der Waals surface area contributed by atoms with E-state index in [2.05, 4.69) is 20.3 Å². The summed E-state index contributed by atoms with van der Waals surface area (Å²) in [5.74, 6) is -1.97. The number of H-pyrrole nitrogens is 1. The molecule has 0 spiro atoms. The van der Waals surface area contributed by atoms with E-state index in [9.17, 15) is 19.7 Å². The molecule has 0 radical (unpaired) electrons. The van der Waals surface area contributed by atoms with Crippen LogP contribution in [0.4, 0.5) is 10.8 Å². The number of nitrogens with zero attached hydrogens (tertiary/aromatic N) is 2. The monoisotopic (exact) mass is 344 g/mol. The number of nitro groups is 1. The largest absolute Gasteiger partial charge is 0.465 e. The summed E-state index contributed by atoms with van der Waals surface area (Å²) in [6, 6.07) is 1.56. The van der Waals surface area contributed by atoms with E-state index in [4.69, 9.17) is 11.6 Å². The van der Waals surface area contributed by atoms with E-state index in [1.807, 2.05) is 0 Å². The molecule has 2 rings (SSSR count). The van der Waals surface area contributed by atoms with Gasteiger partial charge in [-0.2, -0.15) is 0 Å². The first kappa shape index (κ1) is 15.9. The van der Waals surface area contributed by atoms with E-state index in [1.165, 1.54) is 7.11 Å². The predicted octanol–water partition coefficient (Wildman–Crippen LogP) is 2.38. The molecule has 0 saturated carbocycles. The third-order valence-corrected chi connectivity index (χ3v) is 3.90. The van der Waals surface area contributed by atoms with Crippen LogP contribution in [0.3, 0.4) is 0 Å². The number of amides is 1. The van der Waals surface area contributed by atoms with Crippen molar-refractivity contribution in [3.05, 3.63) is 37.3 Å². The lowest BCUT2D eigenvalue weighted by Crippen LogP contribution is -2.14. The van der Waals surface area contributed by atoms with Crippen molar-refractivity contribution in [2.75, 3.05) is 12.4 Å². The van der Waals surface area contributed by atoms with Crippen LogP contribution in [0.5, 0.6) is 0 Å². The number of aromatic nitrogens is 2. The Morgan fingerprint density at radius 1 is 1.55 bits per heavy atom. The van der Waals surface area contributed by atoms with Crippen LogP contribution in [-0.4, -0.2) is 34.1 Å². The fraction of sp³-hybridized carbons (Fsp3) is 0.182. The van der Waals surface area contributed by atoms with Crippen LogP contribution in [0.15, 0.2) is 6.07 Å². The number of thiophene rings is 1. The molecule has 2 aromatic heterocycles. The van der Waals surface area contributed by atoms with Crippen molar-refractivity contribution < 1.29 is 19.2 Å². The van der Waals surface area contributed by atoms with E-state index < -0.39 is 27.6 Å². The van der Waals surface area contributed by atoms with Gasteiger partial charge in [0.15, 0.2) is 10.7 Å². The van der Waals surface area contributed by atoms with E-state index >= 15 is 0 Å². The van der Waals surface area contributed by atoms with Crippen molar-refractivity contribution >= 4 is 45.6 Å². The lowest BCUT2D eigenvalue weighted by atomic mass is 10.3. The fourth-order valence-corrected chi connectivity index (χ4v) is 2.76. The Morgan fingerprint density at radius 3 is 2.77 bits per heavy atom.